The Kier molecular flexibility index (Phi) is 10.4. The molecule has 0 fully saturated rings. The Labute approximate surface area is 105 Å². The molecule has 2 N–H and O–H groups in total. The molecule has 17 heavy (non-hydrogen) atoms. The van der Waals surface area contributed by atoms with Gasteiger partial charge in [-0.1, -0.05) is 5.92 Å². The predicted molar refractivity (Wildman–Crippen MR) is 72.2 cm³/mol. The van der Waals surface area contributed by atoms with Gasteiger partial charge in [-0.05, 0) is 14.0 Å². The molecule has 0 atom stereocenters. The zero-order chi connectivity index (χ0) is 12.9. The average Bonchev–Trinajstić information content (AvgIpc) is 2.33. The van der Waals surface area contributed by atoms with Crippen LogP contribution in [0.15, 0.2) is 4.99 Å². The van der Waals surface area contributed by atoms with Gasteiger partial charge in [0.25, 0.3) is 0 Å². The van der Waals surface area contributed by atoms with Crippen molar-refractivity contribution in [3.05, 3.63) is 0 Å². The highest BCUT2D eigenvalue weighted by Crippen LogP contribution is 1.83. The van der Waals surface area contributed by atoms with Gasteiger partial charge in [0.1, 0.15) is 0 Å². The van der Waals surface area contributed by atoms with Crippen molar-refractivity contribution in [2.75, 3.05) is 53.5 Å². The molecule has 0 bridgehead atoms. The molecule has 0 aromatic heterocycles. The van der Waals surface area contributed by atoms with Crippen molar-refractivity contribution in [2.45, 2.75) is 6.92 Å². The van der Waals surface area contributed by atoms with Crippen molar-refractivity contribution in [1.82, 2.24) is 15.5 Å². The summed E-state index contributed by atoms with van der Waals surface area (Å²) >= 11 is 0. The molecule has 0 heterocycles. The number of ether oxygens (including phenoxy) is 1. The molecule has 0 unspecified atom stereocenters. The van der Waals surface area contributed by atoms with Crippen LogP contribution in [0.2, 0.25) is 0 Å². The lowest BCUT2D eigenvalue weighted by Gasteiger charge is -2.15. The number of terminal acetylenes is 1. The molecule has 0 spiro atoms. The highest BCUT2D eigenvalue weighted by Gasteiger charge is 1.98. The number of methoxy groups -OCH3 is 1. The largest absolute Gasteiger partial charge is 0.383 e. The second-order valence-electron chi connectivity index (χ2n) is 3.61. The minimum absolute atomic E-state index is 0.491. The van der Waals surface area contributed by atoms with Crippen molar-refractivity contribution in [3.63, 3.8) is 0 Å². The van der Waals surface area contributed by atoms with Gasteiger partial charge in [-0.3, -0.25) is 4.99 Å². The summed E-state index contributed by atoms with van der Waals surface area (Å²) in [5.74, 6) is 3.29. The van der Waals surface area contributed by atoms with Gasteiger partial charge >= 0.3 is 0 Å². The molecule has 0 aliphatic rings. The third-order valence-electron chi connectivity index (χ3n) is 2.13. The van der Waals surface area contributed by atoms with Crippen LogP contribution in [0.3, 0.4) is 0 Å². The lowest BCUT2D eigenvalue weighted by Crippen LogP contribution is -2.38. The lowest BCUT2D eigenvalue weighted by molar-refractivity contribution is 0.163. The van der Waals surface area contributed by atoms with Gasteiger partial charge in [-0.25, -0.2) is 0 Å². The molecule has 0 rings (SSSR count). The maximum Gasteiger partial charge on any atom is 0.192 e. The van der Waals surface area contributed by atoms with E-state index < -0.39 is 0 Å². The number of nitrogens with one attached hydrogen (secondary N) is 2. The average molecular weight is 240 g/mol. The zero-order valence-corrected chi connectivity index (χ0v) is 11.1. The third kappa shape index (κ3) is 9.67. The highest BCUT2D eigenvalue weighted by atomic mass is 16.5. The maximum atomic E-state index is 5.19. The van der Waals surface area contributed by atoms with E-state index in [0.717, 1.165) is 38.7 Å². The van der Waals surface area contributed by atoms with Gasteiger partial charge in [-0.2, -0.15) is 0 Å². The molecule has 0 aromatic carbocycles. The third-order valence-corrected chi connectivity index (χ3v) is 2.13. The molecule has 98 valence electrons. The first-order valence-corrected chi connectivity index (χ1v) is 5.87. The van der Waals surface area contributed by atoms with Crippen LogP contribution in [0.5, 0.6) is 0 Å². The SMILES string of the molecule is C#CCNC(=NCCN(C)CCOC)NCC. The molecule has 0 aliphatic heterocycles. The van der Waals surface area contributed by atoms with E-state index in [1.54, 1.807) is 7.11 Å². The van der Waals surface area contributed by atoms with Crippen LogP contribution in [-0.2, 0) is 4.74 Å². The molecule has 0 saturated heterocycles. The summed E-state index contributed by atoms with van der Waals surface area (Å²) in [4.78, 5) is 6.59. The van der Waals surface area contributed by atoms with Crippen LogP contribution in [-0.4, -0.2) is 64.3 Å². The summed E-state index contributed by atoms with van der Waals surface area (Å²) in [6.45, 7) is 6.64. The molecule has 5 heteroatoms. The first kappa shape index (κ1) is 15.8. The Hall–Kier alpha value is -1.25. The van der Waals surface area contributed by atoms with Gasteiger partial charge < -0.3 is 20.3 Å². The van der Waals surface area contributed by atoms with Crippen molar-refractivity contribution in [1.29, 1.82) is 0 Å². The van der Waals surface area contributed by atoms with Crippen molar-refractivity contribution in [3.8, 4) is 12.3 Å². The summed E-state index contributed by atoms with van der Waals surface area (Å²) in [6, 6.07) is 0. The fraction of sp³-hybridized carbons (Fsp3) is 0.750. The Morgan fingerprint density at radius 2 is 2.18 bits per heavy atom. The highest BCUT2D eigenvalue weighted by molar-refractivity contribution is 5.79. The number of nitrogens with zero attached hydrogens (tertiary/aromatic N) is 2. The quantitative estimate of drug-likeness (QED) is 0.349. The minimum Gasteiger partial charge on any atom is -0.383 e. The Morgan fingerprint density at radius 1 is 1.41 bits per heavy atom. The van der Waals surface area contributed by atoms with E-state index in [1.807, 2.05) is 6.92 Å². The topological polar surface area (TPSA) is 48.9 Å². The van der Waals surface area contributed by atoms with E-state index in [9.17, 15) is 0 Å². The Balaban J connectivity index is 3.86. The molecule has 0 aromatic rings. The Bertz CT molecular complexity index is 247. The van der Waals surface area contributed by atoms with Crippen LogP contribution in [0.4, 0.5) is 0 Å². The van der Waals surface area contributed by atoms with E-state index in [1.165, 1.54) is 0 Å². The van der Waals surface area contributed by atoms with Crippen LogP contribution in [0.1, 0.15) is 6.92 Å². The normalized spacial score (nSPS) is 11.4. The first-order chi connectivity index (χ1) is 8.24. The van der Waals surface area contributed by atoms with E-state index in [4.69, 9.17) is 11.2 Å². The molecule has 5 nitrogen and oxygen atoms in total. The van der Waals surface area contributed by atoms with E-state index in [2.05, 4.69) is 33.5 Å². The summed E-state index contributed by atoms with van der Waals surface area (Å²) in [7, 11) is 3.76. The van der Waals surface area contributed by atoms with Crippen molar-refractivity contribution in [2.24, 2.45) is 4.99 Å². The van der Waals surface area contributed by atoms with Gasteiger partial charge in [0.15, 0.2) is 5.96 Å². The van der Waals surface area contributed by atoms with Crippen molar-refractivity contribution >= 4 is 5.96 Å². The number of hydrogen-bond acceptors (Lipinski definition) is 3. The molecule has 0 saturated carbocycles. The maximum absolute atomic E-state index is 5.19. The van der Waals surface area contributed by atoms with Gasteiger partial charge in [0.2, 0.25) is 0 Å². The number of hydrogen-bond donors (Lipinski definition) is 2. The smallest absolute Gasteiger partial charge is 0.192 e. The molecular formula is C12H24N4O. The molecule has 0 amide bonds. The van der Waals surface area contributed by atoms with Crippen LogP contribution in [0, 0.1) is 12.3 Å². The second-order valence-corrected chi connectivity index (χ2v) is 3.61. The molecule has 0 aliphatic carbocycles. The number of rotatable bonds is 8. The summed E-state index contributed by atoms with van der Waals surface area (Å²) in [5, 5.41) is 6.18. The van der Waals surface area contributed by atoms with Gasteiger partial charge in [-0.15, -0.1) is 6.42 Å². The van der Waals surface area contributed by atoms with Gasteiger partial charge in [0.05, 0.1) is 19.7 Å². The fourth-order valence-electron chi connectivity index (χ4n) is 1.17. The number of aliphatic imine (C=N–C) groups is 1. The first-order valence-electron chi connectivity index (χ1n) is 5.87. The zero-order valence-electron chi connectivity index (χ0n) is 11.1. The van der Waals surface area contributed by atoms with E-state index >= 15 is 0 Å². The van der Waals surface area contributed by atoms with Crippen LogP contribution >= 0.6 is 0 Å². The summed E-state index contributed by atoms with van der Waals surface area (Å²) in [6.07, 6.45) is 5.19. The molecule has 0 radical (unpaired) electrons. The lowest BCUT2D eigenvalue weighted by atomic mass is 10.5. The fourth-order valence-corrected chi connectivity index (χ4v) is 1.17. The summed E-state index contributed by atoms with van der Waals surface area (Å²) in [5.41, 5.74) is 0. The monoisotopic (exact) mass is 240 g/mol. The number of guanidine groups is 1. The number of likely N-dealkylation sites (N-methyl/N-ethyl adjacent to an activating group) is 1. The van der Waals surface area contributed by atoms with Crippen LogP contribution < -0.4 is 10.6 Å². The summed E-state index contributed by atoms with van der Waals surface area (Å²) < 4.78 is 5.01. The Morgan fingerprint density at radius 3 is 2.76 bits per heavy atom. The minimum atomic E-state index is 0.491. The van der Waals surface area contributed by atoms with E-state index in [-0.39, 0.29) is 0 Å². The standard InChI is InChI=1S/C12H24N4O/c1-5-7-14-12(13-6-2)15-8-9-16(3)10-11-17-4/h1H,6-11H2,2-4H3,(H2,13,14,15). The van der Waals surface area contributed by atoms with Crippen LogP contribution in [0.25, 0.3) is 0 Å². The van der Waals surface area contributed by atoms with Crippen molar-refractivity contribution < 1.29 is 4.74 Å². The van der Waals surface area contributed by atoms with Gasteiger partial charge in [0, 0.05) is 26.7 Å². The molecular weight excluding hydrogens is 216 g/mol. The van der Waals surface area contributed by atoms with E-state index in [0.29, 0.717) is 6.54 Å². The predicted octanol–water partition coefficient (Wildman–Crippen LogP) is -0.247. The second kappa shape index (κ2) is 11.2.